The molecule has 1 aliphatic heterocycles. The van der Waals surface area contributed by atoms with E-state index in [0.717, 1.165) is 51.0 Å². The van der Waals surface area contributed by atoms with Crippen LogP contribution in [0.1, 0.15) is 55.4 Å². The highest BCUT2D eigenvalue weighted by atomic mass is 35.5. The summed E-state index contributed by atoms with van der Waals surface area (Å²) in [6.45, 7) is 2.08. The van der Waals surface area contributed by atoms with Gasteiger partial charge in [-0.3, -0.25) is 9.48 Å². The number of nitrogens with zero attached hydrogens (tertiary/aromatic N) is 4. The van der Waals surface area contributed by atoms with Crippen molar-refractivity contribution in [1.82, 2.24) is 14.7 Å². The standard InChI is InChI=1S/C21H32ClN5O2/c1-25-5-3-4-15(11-25)27(20-16(22)17(19(23)28)24-26(20)2)18-13-6-12-7-14(18)10-21(29,8-12)9-13/h12-15,18,29H,3-11H2,1-2H3,(H2,23,28)/t12?,13?,14?,15-,18?,21?/m1/s1. The molecule has 3 atom stereocenters. The lowest BCUT2D eigenvalue weighted by Crippen LogP contribution is -2.65. The van der Waals surface area contributed by atoms with Gasteiger partial charge in [0.2, 0.25) is 0 Å². The van der Waals surface area contributed by atoms with Crippen LogP contribution in [0.5, 0.6) is 0 Å². The number of likely N-dealkylation sites (tertiary alicyclic amines) is 1. The Balaban J connectivity index is 1.58. The molecule has 4 saturated carbocycles. The van der Waals surface area contributed by atoms with Gasteiger partial charge in [-0.25, -0.2) is 0 Å². The second-order valence-corrected chi connectivity index (χ2v) is 10.5. The maximum absolute atomic E-state index is 11.9. The van der Waals surface area contributed by atoms with E-state index in [4.69, 9.17) is 17.3 Å². The summed E-state index contributed by atoms with van der Waals surface area (Å²) in [5, 5.41) is 15.8. The summed E-state index contributed by atoms with van der Waals surface area (Å²) in [5.41, 5.74) is 5.23. The van der Waals surface area contributed by atoms with Crippen LogP contribution in [-0.4, -0.2) is 63.5 Å². The summed E-state index contributed by atoms with van der Waals surface area (Å²) < 4.78 is 1.75. The number of likely N-dealkylation sites (N-methyl/N-ethyl adjacent to an activating group) is 1. The normalized spacial score (nSPS) is 39.1. The molecule has 1 aromatic heterocycles. The number of aryl methyl sites for hydroxylation is 1. The first-order chi connectivity index (χ1) is 13.8. The largest absolute Gasteiger partial charge is 0.390 e. The minimum absolute atomic E-state index is 0.153. The van der Waals surface area contributed by atoms with Gasteiger partial charge in [0.1, 0.15) is 10.8 Å². The van der Waals surface area contributed by atoms with E-state index < -0.39 is 11.5 Å². The van der Waals surface area contributed by atoms with Crippen molar-refractivity contribution in [3.63, 3.8) is 0 Å². The third kappa shape index (κ3) is 3.17. The van der Waals surface area contributed by atoms with Gasteiger partial charge in [0.05, 0.1) is 5.60 Å². The fraction of sp³-hybridized carbons (Fsp3) is 0.810. The van der Waals surface area contributed by atoms with E-state index in [-0.39, 0.29) is 5.69 Å². The number of nitrogens with two attached hydrogens (primary N) is 1. The van der Waals surface area contributed by atoms with Crippen LogP contribution in [0.3, 0.4) is 0 Å². The van der Waals surface area contributed by atoms with Gasteiger partial charge in [0.25, 0.3) is 5.91 Å². The Morgan fingerprint density at radius 2 is 1.97 bits per heavy atom. The van der Waals surface area contributed by atoms with Crippen LogP contribution in [0.2, 0.25) is 5.02 Å². The van der Waals surface area contributed by atoms with Crippen molar-refractivity contribution >= 4 is 23.3 Å². The summed E-state index contributed by atoms with van der Waals surface area (Å²) in [6.07, 6.45) is 7.33. The average molecular weight is 422 g/mol. The summed E-state index contributed by atoms with van der Waals surface area (Å²) >= 11 is 6.73. The number of hydrogen-bond donors (Lipinski definition) is 2. The molecule has 4 bridgehead atoms. The summed E-state index contributed by atoms with van der Waals surface area (Å²) in [6, 6.07) is 0.650. The second kappa shape index (κ2) is 6.86. The highest BCUT2D eigenvalue weighted by Crippen LogP contribution is 2.58. The second-order valence-electron chi connectivity index (χ2n) is 10.1. The third-order valence-electron chi connectivity index (χ3n) is 7.94. The van der Waals surface area contributed by atoms with Gasteiger partial charge in [-0.15, -0.1) is 0 Å². The number of aromatic nitrogens is 2. The minimum Gasteiger partial charge on any atom is -0.390 e. The molecule has 2 unspecified atom stereocenters. The predicted octanol–water partition coefficient (Wildman–Crippen LogP) is 2.01. The Bertz CT molecular complexity index is 810. The molecule has 1 amide bonds. The topological polar surface area (TPSA) is 87.6 Å². The van der Waals surface area contributed by atoms with Gasteiger partial charge < -0.3 is 20.6 Å². The molecule has 0 spiro atoms. The highest BCUT2D eigenvalue weighted by molar-refractivity contribution is 6.36. The fourth-order valence-electron chi connectivity index (χ4n) is 7.26. The summed E-state index contributed by atoms with van der Waals surface area (Å²) in [7, 11) is 4.03. The lowest BCUT2D eigenvalue weighted by atomic mass is 9.52. The number of primary amides is 1. The van der Waals surface area contributed by atoms with E-state index >= 15 is 0 Å². The number of anilines is 1. The van der Waals surface area contributed by atoms with E-state index in [1.54, 1.807) is 4.68 Å². The van der Waals surface area contributed by atoms with Crippen LogP contribution in [0, 0.1) is 17.8 Å². The molecule has 6 rings (SSSR count). The van der Waals surface area contributed by atoms with Crippen molar-refractivity contribution in [2.24, 2.45) is 30.5 Å². The van der Waals surface area contributed by atoms with Crippen molar-refractivity contribution in [2.75, 3.05) is 25.0 Å². The number of rotatable bonds is 4. The molecular formula is C21H32ClN5O2. The zero-order chi connectivity index (χ0) is 20.5. The predicted molar refractivity (Wildman–Crippen MR) is 112 cm³/mol. The average Bonchev–Trinajstić information content (AvgIpc) is 2.91. The van der Waals surface area contributed by atoms with E-state index in [9.17, 15) is 9.90 Å². The molecule has 1 saturated heterocycles. The van der Waals surface area contributed by atoms with E-state index in [1.807, 2.05) is 7.05 Å². The van der Waals surface area contributed by atoms with Crippen LogP contribution in [0.4, 0.5) is 5.82 Å². The van der Waals surface area contributed by atoms with Gasteiger partial charge in [-0.05, 0) is 76.3 Å². The molecule has 2 heterocycles. The van der Waals surface area contributed by atoms with E-state index in [0.29, 0.717) is 34.9 Å². The molecule has 3 N–H and O–H groups in total. The number of aliphatic hydroxyl groups is 1. The van der Waals surface area contributed by atoms with Crippen molar-refractivity contribution in [3.05, 3.63) is 10.7 Å². The Kier molecular flexibility index (Phi) is 4.64. The van der Waals surface area contributed by atoms with Gasteiger partial charge in [-0.2, -0.15) is 5.10 Å². The number of amides is 1. The molecule has 160 valence electrons. The molecule has 4 aliphatic carbocycles. The minimum atomic E-state index is -0.586. The van der Waals surface area contributed by atoms with Crippen molar-refractivity contribution in [1.29, 1.82) is 0 Å². The Labute approximate surface area is 177 Å². The van der Waals surface area contributed by atoms with Crippen LogP contribution in [-0.2, 0) is 7.05 Å². The Morgan fingerprint density at radius 3 is 2.52 bits per heavy atom. The molecule has 1 aromatic rings. The molecule has 5 aliphatic rings. The molecule has 8 heteroatoms. The van der Waals surface area contributed by atoms with Crippen molar-refractivity contribution in [2.45, 2.75) is 62.6 Å². The van der Waals surface area contributed by atoms with Gasteiger partial charge in [0.15, 0.2) is 5.69 Å². The first-order valence-corrected chi connectivity index (χ1v) is 11.3. The summed E-state index contributed by atoms with van der Waals surface area (Å²) in [4.78, 5) is 16.8. The number of carbonyl (C=O) groups excluding carboxylic acids is 1. The zero-order valence-electron chi connectivity index (χ0n) is 17.4. The molecule has 7 nitrogen and oxygen atoms in total. The summed E-state index contributed by atoms with van der Waals surface area (Å²) in [5.74, 6) is 1.80. The number of carbonyl (C=O) groups is 1. The van der Waals surface area contributed by atoms with Crippen LogP contribution in [0.25, 0.3) is 0 Å². The first-order valence-electron chi connectivity index (χ1n) is 11.0. The van der Waals surface area contributed by atoms with E-state index in [1.165, 1.54) is 12.8 Å². The smallest absolute Gasteiger partial charge is 0.270 e. The number of hydrogen-bond acceptors (Lipinski definition) is 5. The molecular weight excluding hydrogens is 390 g/mol. The zero-order valence-corrected chi connectivity index (χ0v) is 18.1. The van der Waals surface area contributed by atoms with Gasteiger partial charge >= 0.3 is 0 Å². The maximum Gasteiger partial charge on any atom is 0.270 e. The fourth-order valence-corrected chi connectivity index (χ4v) is 7.61. The molecule has 0 aromatic carbocycles. The van der Waals surface area contributed by atoms with Gasteiger partial charge in [0, 0.05) is 25.7 Å². The van der Waals surface area contributed by atoms with E-state index in [2.05, 4.69) is 21.9 Å². The molecule has 5 fully saturated rings. The van der Waals surface area contributed by atoms with Crippen molar-refractivity contribution in [3.8, 4) is 0 Å². The van der Waals surface area contributed by atoms with Gasteiger partial charge in [-0.1, -0.05) is 11.6 Å². The molecule has 29 heavy (non-hydrogen) atoms. The molecule has 0 radical (unpaired) electrons. The van der Waals surface area contributed by atoms with Crippen LogP contribution in [0.15, 0.2) is 0 Å². The number of piperidine rings is 1. The SMILES string of the molecule is CN1CCC[C@@H](N(c2c(Cl)c(C(N)=O)nn2C)C2C3CC4CC2CC(O)(C4)C3)C1. The highest BCUT2D eigenvalue weighted by Gasteiger charge is 2.57. The van der Waals surface area contributed by atoms with Crippen LogP contribution < -0.4 is 10.6 Å². The Morgan fingerprint density at radius 1 is 1.28 bits per heavy atom. The monoisotopic (exact) mass is 421 g/mol. The number of halogens is 1. The quantitative estimate of drug-likeness (QED) is 0.776. The lowest BCUT2D eigenvalue weighted by Gasteiger charge is -2.61. The Hall–Kier alpha value is -1.31. The lowest BCUT2D eigenvalue weighted by molar-refractivity contribution is -0.135. The van der Waals surface area contributed by atoms with Crippen LogP contribution >= 0.6 is 11.6 Å². The maximum atomic E-state index is 11.9. The van der Waals surface area contributed by atoms with Crippen molar-refractivity contribution < 1.29 is 9.90 Å². The third-order valence-corrected chi connectivity index (χ3v) is 8.29. The first kappa shape index (κ1) is 19.6.